The van der Waals surface area contributed by atoms with E-state index in [0.29, 0.717) is 13.0 Å². The third-order valence-corrected chi connectivity index (χ3v) is 3.10. The second kappa shape index (κ2) is 5.05. The number of nitrogens with zero attached hydrogens (tertiary/aromatic N) is 1. The van der Waals surface area contributed by atoms with Crippen LogP contribution < -0.4 is 5.32 Å². The lowest BCUT2D eigenvalue weighted by molar-refractivity contribution is -0.125. The lowest BCUT2D eigenvalue weighted by atomic mass is 9.89. The maximum Gasteiger partial charge on any atom is 0.223 e. The number of hydrogen-bond donors (Lipinski definition) is 2. The number of amides is 1. The average Bonchev–Trinajstić information content (AvgIpc) is 2.68. The summed E-state index contributed by atoms with van der Waals surface area (Å²) in [6, 6.07) is 0. The molecule has 2 N–H and O–H groups in total. The van der Waals surface area contributed by atoms with Gasteiger partial charge in [0.1, 0.15) is 5.82 Å². The molecule has 1 aromatic heterocycles. The fraction of sp³-hybridized carbons (Fsp3) is 0.538. The quantitative estimate of drug-likeness (QED) is 0.601. The van der Waals surface area contributed by atoms with E-state index in [-0.39, 0.29) is 11.8 Å². The minimum atomic E-state index is 0.0557. The highest BCUT2D eigenvalue weighted by Crippen LogP contribution is 2.23. The number of carbonyl (C=O) groups excluding carboxylic acids is 1. The van der Waals surface area contributed by atoms with Crippen LogP contribution in [0.4, 0.5) is 0 Å². The van der Waals surface area contributed by atoms with Crippen molar-refractivity contribution in [3.8, 4) is 12.3 Å². The molecule has 0 bridgehead atoms. The summed E-state index contributed by atoms with van der Waals surface area (Å²) in [6.45, 7) is 2.51. The molecule has 1 aliphatic rings. The van der Waals surface area contributed by atoms with Gasteiger partial charge in [-0.15, -0.1) is 12.3 Å². The zero-order valence-electron chi connectivity index (χ0n) is 10.0. The maximum absolute atomic E-state index is 11.9. The summed E-state index contributed by atoms with van der Waals surface area (Å²) < 4.78 is 0. The zero-order valence-corrected chi connectivity index (χ0v) is 10.0. The second-order valence-electron chi connectivity index (χ2n) is 4.43. The summed E-state index contributed by atoms with van der Waals surface area (Å²) >= 11 is 0. The Balaban J connectivity index is 1.93. The van der Waals surface area contributed by atoms with Crippen LogP contribution in [0.15, 0.2) is 0 Å². The van der Waals surface area contributed by atoms with Crippen LogP contribution in [0.5, 0.6) is 0 Å². The first kappa shape index (κ1) is 11.7. The van der Waals surface area contributed by atoms with E-state index in [4.69, 9.17) is 6.42 Å². The Morgan fingerprint density at radius 1 is 1.71 bits per heavy atom. The molecule has 0 aromatic carbocycles. The van der Waals surface area contributed by atoms with Crippen LogP contribution in [0.2, 0.25) is 0 Å². The molecule has 1 heterocycles. The number of imidazole rings is 1. The number of aryl methyl sites for hydroxylation is 2. The largest absolute Gasteiger partial charge is 0.355 e. The molecule has 4 nitrogen and oxygen atoms in total. The SMILES string of the molecule is C#CCCNC(=O)C1CCc2nc(C)[nH]c2C1. The predicted octanol–water partition coefficient (Wildman–Crippen LogP) is 0.963. The summed E-state index contributed by atoms with van der Waals surface area (Å²) in [5, 5.41) is 2.88. The summed E-state index contributed by atoms with van der Waals surface area (Å²) in [7, 11) is 0. The van der Waals surface area contributed by atoms with Crippen LogP contribution in [-0.2, 0) is 17.6 Å². The number of H-pyrrole nitrogens is 1. The molecule has 1 amide bonds. The maximum atomic E-state index is 11.9. The van der Waals surface area contributed by atoms with Crippen LogP contribution in [-0.4, -0.2) is 22.4 Å². The van der Waals surface area contributed by atoms with Crippen molar-refractivity contribution in [2.75, 3.05) is 6.54 Å². The highest BCUT2D eigenvalue weighted by Gasteiger charge is 2.26. The van der Waals surface area contributed by atoms with Crippen molar-refractivity contribution in [1.29, 1.82) is 0 Å². The van der Waals surface area contributed by atoms with Gasteiger partial charge in [-0.05, 0) is 19.8 Å². The molecule has 0 saturated carbocycles. The monoisotopic (exact) mass is 231 g/mol. The van der Waals surface area contributed by atoms with Gasteiger partial charge in [0.05, 0.1) is 5.69 Å². The summed E-state index contributed by atoms with van der Waals surface area (Å²) in [4.78, 5) is 19.5. The normalized spacial score (nSPS) is 18.2. The Bertz CT molecular complexity index is 456. The molecule has 90 valence electrons. The number of fused-ring (bicyclic) bond motifs is 1. The Hall–Kier alpha value is -1.76. The van der Waals surface area contributed by atoms with E-state index >= 15 is 0 Å². The van der Waals surface area contributed by atoms with Gasteiger partial charge in [-0.25, -0.2) is 4.98 Å². The molecule has 0 saturated heterocycles. The number of nitrogens with one attached hydrogen (secondary N) is 2. The number of carbonyl (C=O) groups is 1. The molecule has 1 unspecified atom stereocenters. The van der Waals surface area contributed by atoms with Gasteiger partial charge in [-0.1, -0.05) is 0 Å². The molecule has 1 aliphatic carbocycles. The van der Waals surface area contributed by atoms with Gasteiger partial charge in [-0.3, -0.25) is 4.79 Å². The molecule has 1 aromatic rings. The van der Waals surface area contributed by atoms with E-state index in [0.717, 1.165) is 36.5 Å². The molecule has 4 heteroatoms. The molecule has 0 radical (unpaired) electrons. The van der Waals surface area contributed by atoms with E-state index in [9.17, 15) is 4.79 Å². The van der Waals surface area contributed by atoms with Crippen molar-refractivity contribution in [3.05, 3.63) is 17.2 Å². The Kier molecular flexibility index (Phi) is 3.48. The average molecular weight is 231 g/mol. The fourth-order valence-electron chi connectivity index (χ4n) is 2.25. The van der Waals surface area contributed by atoms with Crippen molar-refractivity contribution in [2.45, 2.75) is 32.6 Å². The molecule has 17 heavy (non-hydrogen) atoms. The van der Waals surface area contributed by atoms with E-state index in [1.54, 1.807) is 0 Å². The van der Waals surface area contributed by atoms with Crippen molar-refractivity contribution in [2.24, 2.45) is 5.92 Å². The van der Waals surface area contributed by atoms with E-state index < -0.39 is 0 Å². The molecule has 0 fully saturated rings. The third-order valence-electron chi connectivity index (χ3n) is 3.10. The topological polar surface area (TPSA) is 57.8 Å². The standard InChI is InChI=1S/C13H17N3O/c1-3-4-7-14-13(17)10-5-6-11-12(8-10)16-9(2)15-11/h1,10H,4-8H2,2H3,(H,14,17)(H,15,16). The molecular formula is C13H17N3O. The first-order valence-corrected chi connectivity index (χ1v) is 5.96. The van der Waals surface area contributed by atoms with Crippen molar-refractivity contribution in [3.63, 3.8) is 0 Å². The van der Waals surface area contributed by atoms with Crippen LogP contribution >= 0.6 is 0 Å². The van der Waals surface area contributed by atoms with Crippen molar-refractivity contribution in [1.82, 2.24) is 15.3 Å². The zero-order chi connectivity index (χ0) is 12.3. The van der Waals surface area contributed by atoms with E-state index in [1.165, 1.54) is 0 Å². The Morgan fingerprint density at radius 3 is 3.29 bits per heavy atom. The molecule has 2 rings (SSSR count). The molecule has 0 spiro atoms. The minimum Gasteiger partial charge on any atom is -0.355 e. The lowest BCUT2D eigenvalue weighted by Crippen LogP contribution is -2.34. The predicted molar refractivity (Wildman–Crippen MR) is 65.3 cm³/mol. The van der Waals surface area contributed by atoms with Gasteiger partial charge in [-0.2, -0.15) is 0 Å². The van der Waals surface area contributed by atoms with Gasteiger partial charge in [0.15, 0.2) is 0 Å². The Labute approximate surface area is 101 Å². The van der Waals surface area contributed by atoms with Crippen molar-refractivity contribution >= 4 is 5.91 Å². The van der Waals surface area contributed by atoms with Gasteiger partial charge in [0, 0.05) is 31.0 Å². The molecule has 1 atom stereocenters. The number of terminal acetylenes is 1. The summed E-state index contributed by atoms with van der Waals surface area (Å²) in [5.74, 6) is 3.61. The van der Waals surface area contributed by atoms with E-state index in [1.807, 2.05) is 6.92 Å². The van der Waals surface area contributed by atoms with E-state index in [2.05, 4.69) is 21.2 Å². The molecule has 0 aliphatic heterocycles. The Morgan fingerprint density at radius 2 is 2.53 bits per heavy atom. The summed E-state index contributed by atoms with van der Waals surface area (Å²) in [5.41, 5.74) is 2.24. The third kappa shape index (κ3) is 2.68. The molecular weight excluding hydrogens is 214 g/mol. The van der Waals surface area contributed by atoms with Gasteiger partial charge < -0.3 is 10.3 Å². The minimum absolute atomic E-state index is 0.0557. The summed E-state index contributed by atoms with van der Waals surface area (Å²) in [6.07, 6.45) is 8.25. The fourth-order valence-corrected chi connectivity index (χ4v) is 2.25. The van der Waals surface area contributed by atoms with Gasteiger partial charge >= 0.3 is 0 Å². The van der Waals surface area contributed by atoms with Crippen LogP contribution in [0.25, 0.3) is 0 Å². The first-order valence-electron chi connectivity index (χ1n) is 5.96. The van der Waals surface area contributed by atoms with Crippen molar-refractivity contribution < 1.29 is 4.79 Å². The number of aromatic amines is 1. The number of hydrogen-bond acceptors (Lipinski definition) is 2. The van der Waals surface area contributed by atoms with Gasteiger partial charge in [0.25, 0.3) is 0 Å². The van der Waals surface area contributed by atoms with Crippen LogP contribution in [0.1, 0.15) is 30.1 Å². The number of rotatable bonds is 3. The highest BCUT2D eigenvalue weighted by molar-refractivity contribution is 5.79. The second-order valence-corrected chi connectivity index (χ2v) is 4.43. The first-order chi connectivity index (χ1) is 8.20. The lowest BCUT2D eigenvalue weighted by Gasteiger charge is -2.20. The van der Waals surface area contributed by atoms with Crippen LogP contribution in [0.3, 0.4) is 0 Å². The van der Waals surface area contributed by atoms with Crippen LogP contribution in [0, 0.1) is 25.2 Å². The number of aromatic nitrogens is 2. The van der Waals surface area contributed by atoms with Gasteiger partial charge in [0.2, 0.25) is 5.91 Å². The highest BCUT2D eigenvalue weighted by atomic mass is 16.1. The smallest absolute Gasteiger partial charge is 0.223 e.